The Morgan fingerprint density at radius 2 is 0.983 bits per heavy atom. The van der Waals surface area contributed by atoms with Crippen molar-refractivity contribution in [2.75, 3.05) is 0 Å². The van der Waals surface area contributed by atoms with Gasteiger partial charge < -0.3 is 4.42 Å². The quantitative estimate of drug-likeness (QED) is 0.169. The Morgan fingerprint density at radius 1 is 0.383 bits per heavy atom. The summed E-state index contributed by atoms with van der Waals surface area (Å²) in [4.78, 5) is 15.8. The maximum atomic E-state index is 6.70. The molecule has 4 heterocycles. The van der Waals surface area contributed by atoms with Crippen LogP contribution in [-0.2, 0) is 0 Å². The Morgan fingerprint density at radius 3 is 1.80 bits per heavy atom. The molecule has 12 rings (SSSR count). The fourth-order valence-corrected chi connectivity index (χ4v) is 9.81. The number of para-hydroxylation sites is 1. The van der Waals surface area contributed by atoms with E-state index in [1.807, 2.05) is 47.7 Å². The van der Waals surface area contributed by atoms with E-state index in [2.05, 4.69) is 164 Å². The number of furan rings is 1. The van der Waals surface area contributed by atoms with Crippen molar-refractivity contribution in [2.45, 2.75) is 0 Å². The number of hydrogen-bond donors (Lipinski definition) is 0. The molecule has 5 heteroatoms. The molecule has 12 aromatic rings. The lowest BCUT2D eigenvalue weighted by Crippen LogP contribution is -1.96. The standard InChI is InChI=1S/C55H33N3OS/c1-3-13-34(14-4-1)35-25-27-37(28-26-35)47-33-46(36-15-5-2-6-16-36)57-55(58-47)40-18-11-17-39(31-40)52-53-51(45-20-7-9-23-49(45)59-53)44-30-29-38(32-48(44)56-52)41-21-12-22-43-42-19-8-10-24-50(42)60-54(41)43/h1-33H. The average molecular weight is 784 g/mol. The molecule has 0 aliphatic heterocycles. The van der Waals surface area contributed by atoms with E-state index in [4.69, 9.17) is 19.4 Å². The molecular formula is C55H33N3OS. The highest BCUT2D eigenvalue weighted by Gasteiger charge is 2.20. The molecular weight excluding hydrogens is 751 g/mol. The summed E-state index contributed by atoms with van der Waals surface area (Å²) in [5, 5.41) is 5.76. The lowest BCUT2D eigenvalue weighted by atomic mass is 9.98. The van der Waals surface area contributed by atoms with Crippen LogP contribution in [0.4, 0.5) is 0 Å². The fourth-order valence-electron chi connectivity index (χ4n) is 8.57. The highest BCUT2D eigenvalue weighted by Crippen LogP contribution is 2.43. The molecule has 0 saturated heterocycles. The van der Waals surface area contributed by atoms with Gasteiger partial charge in [-0.3, -0.25) is 0 Å². The van der Waals surface area contributed by atoms with Gasteiger partial charge in [-0.15, -0.1) is 11.3 Å². The predicted molar refractivity (Wildman–Crippen MR) is 250 cm³/mol. The summed E-state index contributed by atoms with van der Waals surface area (Å²) >= 11 is 1.85. The maximum Gasteiger partial charge on any atom is 0.162 e. The van der Waals surface area contributed by atoms with E-state index in [0.717, 1.165) is 83.3 Å². The Labute approximate surface area is 349 Å². The monoisotopic (exact) mass is 783 g/mol. The summed E-state index contributed by atoms with van der Waals surface area (Å²) in [6.07, 6.45) is 0. The van der Waals surface area contributed by atoms with Crippen LogP contribution in [0.5, 0.6) is 0 Å². The van der Waals surface area contributed by atoms with Gasteiger partial charge in [0.05, 0.1) is 16.9 Å². The number of thiophene rings is 1. The number of benzene rings is 8. The van der Waals surface area contributed by atoms with Crippen molar-refractivity contribution in [3.63, 3.8) is 0 Å². The van der Waals surface area contributed by atoms with E-state index in [1.54, 1.807) is 0 Å². The van der Waals surface area contributed by atoms with Gasteiger partial charge in [-0.1, -0.05) is 170 Å². The summed E-state index contributed by atoms with van der Waals surface area (Å²) < 4.78 is 9.27. The zero-order valence-electron chi connectivity index (χ0n) is 32.2. The van der Waals surface area contributed by atoms with E-state index in [1.165, 1.54) is 31.3 Å². The lowest BCUT2D eigenvalue weighted by molar-refractivity contribution is 0.669. The number of fused-ring (bicyclic) bond motifs is 8. The topological polar surface area (TPSA) is 51.8 Å². The van der Waals surface area contributed by atoms with Gasteiger partial charge in [0.25, 0.3) is 0 Å². The summed E-state index contributed by atoms with van der Waals surface area (Å²) in [6, 6.07) is 70.1. The average Bonchev–Trinajstić information content (AvgIpc) is 3.91. The summed E-state index contributed by atoms with van der Waals surface area (Å²) in [5.74, 6) is 0.640. The fraction of sp³-hybridized carbons (Fsp3) is 0. The first-order chi connectivity index (χ1) is 29.7. The van der Waals surface area contributed by atoms with Crippen molar-refractivity contribution in [1.29, 1.82) is 0 Å². The molecule has 280 valence electrons. The van der Waals surface area contributed by atoms with Crippen LogP contribution in [0, 0.1) is 0 Å². The second kappa shape index (κ2) is 14.0. The van der Waals surface area contributed by atoms with Gasteiger partial charge in [0.15, 0.2) is 11.4 Å². The van der Waals surface area contributed by atoms with Crippen molar-refractivity contribution in [3.8, 4) is 67.4 Å². The molecule has 4 nitrogen and oxygen atoms in total. The lowest BCUT2D eigenvalue weighted by Gasteiger charge is -2.12. The van der Waals surface area contributed by atoms with Crippen molar-refractivity contribution < 1.29 is 4.42 Å². The first kappa shape index (κ1) is 34.3. The molecule has 4 aromatic heterocycles. The third-order valence-corrected chi connectivity index (χ3v) is 12.7. The smallest absolute Gasteiger partial charge is 0.162 e. The van der Waals surface area contributed by atoms with Crippen LogP contribution in [0.1, 0.15) is 0 Å². The van der Waals surface area contributed by atoms with Gasteiger partial charge in [-0.2, -0.15) is 0 Å². The van der Waals surface area contributed by atoms with E-state index >= 15 is 0 Å². The van der Waals surface area contributed by atoms with Gasteiger partial charge in [0, 0.05) is 58.6 Å². The molecule has 0 N–H and O–H groups in total. The summed E-state index contributed by atoms with van der Waals surface area (Å²) in [7, 11) is 0. The van der Waals surface area contributed by atoms with Crippen LogP contribution >= 0.6 is 11.3 Å². The third kappa shape index (κ3) is 5.78. The third-order valence-electron chi connectivity index (χ3n) is 11.5. The van der Waals surface area contributed by atoms with Crippen molar-refractivity contribution in [1.82, 2.24) is 15.0 Å². The zero-order valence-corrected chi connectivity index (χ0v) is 33.0. The molecule has 8 aromatic carbocycles. The molecule has 0 fully saturated rings. The van der Waals surface area contributed by atoms with Gasteiger partial charge in [0.1, 0.15) is 11.3 Å². The molecule has 0 radical (unpaired) electrons. The Balaban J connectivity index is 1.02. The molecule has 0 saturated carbocycles. The largest absolute Gasteiger partial charge is 0.454 e. The van der Waals surface area contributed by atoms with E-state index < -0.39 is 0 Å². The Kier molecular flexibility index (Phi) is 8.00. The number of aromatic nitrogens is 3. The molecule has 0 aliphatic rings. The normalized spacial score (nSPS) is 11.7. The van der Waals surface area contributed by atoms with E-state index in [-0.39, 0.29) is 0 Å². The zero-order chi connectivity index (χ0) is 39.6. The highest BCUT2D eigenvalue weighted by molar-refractivity contribution is 7.26. The van der Waals surface area contributed by atoms with Crippen molar-refractivity contribution in [3.05, 3.63) is 200 Å². The molecule has 0 amide bonds. The van der Waals surface area contributed by atoms with Crippen molar-refractivity contribution in [2.24, 2.45) is 0 Å². The van der Waals surface area contributed by atoms with Crippen LogP contribution in [-0.4, -0.2) is 15.0 Å². The minimum absolute atomic E-state index is 0.640. The van der Waals surface area contributed by atoms with Crippen LogP contribution in [0.15, 0.2) is 205 Å². The maximum absolute atomic E-state index is 6.70. The summed E-state index contributed by atoms with van der Waals surface area (Å²) in [6.45, 7) is 0. The van der Waals surface area contributed by atoms with Crippen LogP contribution in [0.25, 0.3) is 120 Å². The second-order valence-corrected chi connectivity index (χ2v) is 16.2. The van der Waals surface area contributed by atoms with Gasteiger partial charge in [0.2, 0.25) is 0 Å². The molecule has 0 atom stereocenters. The first-order valence-corrected chi connectivity index (χ1v) is 20.9. The molecule has 0 spiro atoms. The number of hydrogen-bond acceptors (Lipinski definition) is 5. The molecule has 0 unspecified atom stereocenters. The molecule has 0 aliphatic carbocycles. The first-order valence-electron chi connectivity index (χ1n) is 20.1. The predicted octanol–water partition coefficient (Wildman–Crippen LogP) is 15.3. The SMILES string of the molecule is c1ccc(-c2ccc(-c3cc(-c4ccccc4)nc(-c4cccc(-c5nc6cc(-c7cccc8c7sc7ccccc78)ccc6c6c5oc5ccccc56)c4)n3)cc2)cc1. The second-order valence-electron chi connectivity index (χ2n) is 15.1. The number of pyridine rings is 1. The van der Waals surface area contributed by atoms with Gasteiger partial charge in [-0.05, 0) is 52.6 Å². The van der Waals surface area contributed by atoms with Crippen LogP contribution in [0.3, 0.4) is 0 Å². The Bertz CT molecular complexity index is 3590. The minimum atomic E-state index is 0.640. The van der Waals surface area contributed by atoms with E-state index in [9.17, 15) is 0 Å². The van der Waals surface area contributed by atoms with Crippen LogP contribution < -0.4 is 0 Å². The van der Waals surface area contributed by atoms with Gasteiger partial charge >= 0.3 is 0 Å². The number of rotatable bonds is 6. The van der Waals surface area contributed by atoms with Crippen molar-refractivity contribution >= 4 is 64.4 Å². The van der Waals surface area contributed by atoms with Gasteiger partial charge in [-0.25, -0.2) is 15.0 Å². The molecule has 0 bridgehead atoms. The number of nitrogens with zero attached hydrogens (tertiary/aromatic N) is 3. The molecule has 60 heavy (non-hydrogen) atoms. The van der Waals surface area contributed by atoms with E-state index in [0.29, 0.717) is 5.82 Å². The van der Waals surface area contributed by atoms with Crippen LogP contribution in [0.2, 0.25) is 0 Å². The highest BCUT2D eigenvalue weighted by atomic mass is 32.1. The minimum Gasteiger partial charge on any atom is -0.454 e. The summed E-state index contributed by atoms with van der Waals surface area (Å²) in [5.41, 5.74) is 13.6. The Hall–Kier alpha value is -7.73.